The molecule has 1 aliphatic heterocycles. The predicted molar refractivity (Wildman–Crippen MR) is 78.4 cm³/mol. The standard InChI is InChI=1S/C13H17N3O2.C2H6/c1-9-8-16-11(13(15-9)17-2)7-14-12(16)10-3-5-18-6-4-10;1-2/h7-8,10H,3-6H2,1-2H3;1-2H3. The Kier molecular flexibility index (Phi) is 4.95. The van der Waals surface area contributed by atoms with Gasteiger partial charge in [-0.2, -0.15) is 0 Å². The highest BCUT2D eigenvalue weighted by Gasteiger charge is 2.21. The van der Waals surface area contributed by atoms with E-state index in [2.05, 4.69) is 14.4 Å². The SMILES string of the molecule is CC.COc1nc(C)cn2c(C3CCOCC3)ncc12. The maximum atomic E-state index is 5.40. The summed E-state index contributed by atoms with van der Waals surface area (Å²) in [6.07, 6.45) is 5.93. The number of aryl methyl sites for hydroxylation is 1. The van der Waals surface area contributed by atoms with Gasteiger partial charge in [-0.25, -0.2) is 9.97 Å². The average molecular weight is 277 g/mol. The third kappa shape index (κ3) is 2.77. The number of hydrogen-bond acceptors (Lipinski definition) is 4. The van der Waals surface area contributed by atoms with Crippen molar-refractivity contribution in [2.24, 2.45) is 0 Å². The van der Waals surface area contributed by atoms with Gasteiger partial charge in [0.2, 0.25) is 5.88 Å². The van der Waals surface area contributed by atoms with E-state index in [0.29, 0.717) is 11.8 Å². The molecule has 0 aromatic carbocycles. The molecule has 1 fully saturated rings. The summed E-state index contributed by atoms with van der Waals surface area (Å²) in [5.41, 5.74) is 1.87. The smallest absolute Gasteiger partial charge is 0.239 e. The van der Waals surface area contributed by atoms with Crippen LogP contribution in [0.5, 0.6) is 5.88 Å². The van der Waals surface area contributed by atoms with Crippen LogP contribution >= 0.6 is 0 Å². The van der Waals surface area contributed by atoms with E-state index in [1.54, 1.807) is 7.11 Å². The second-order valence-corrected chi connectivity index (χ2v) is 4.65. The minimum Gasteiger partial charge on any atom is -0.479 e. The van der Waals surface area contributed by atoms with Crippen molar-refractivity contribution in [2.45, 2.75) is 39.5 Å². The van der Waals surface area contributed by atoms with Crippen LogP contribution in [0.4, 0.5) is 0 Å². The lowest BCUT2D eigenvalue weighted by atomic mass is 10.00. The highest BCUT2D eigenvalue weighted by atomic mass is 16.5. The van der Waals surface area contributed by atoms with Crippen LogP contribution < -0.4 is 4.74 Å². The van der Waals surface area contributed by atoms with Crippen molar-refractivity contribution in [3.05, 3.63) is 23.9 Å². The Morgan fingerprint density at radius 2 is 2.00 bits per heavy atom. The Balaban J connectivity index is 0.000000704. The van der Waals surface area contributed by atoms with Crippen molar-refractivity contribution in [1.82, 2.24) is 14.4 Å². The number of imidazole rings is 1. The van der Waals surface area contributed by atoms with Crippen LogP contribution in [-0.2, 0) is 4.74 Å². The Hall–Kier alpha value is -1.62. The van der Waals surface area contributed by atoms with E-state index >= 15 is 0 Å². The predicted octanol–water partition coefficient (Wildman–Crippen LogP) is 2.97. The third-order valence-electron chi connectivity index (χ3n) is 3.42. The maximum Gasteiger partial charge on any atom is 0.239 e. The topological polar surface area (TPSA) is 48.7 Å². The molecular weight excluding hydrogens is 254 g/mol. The Morgan fingerprint density at radius 1 is 1.30 bits per heavy atom. The van der Waals surface area contributed by atoms with Gasteiger partial charge in [-0.1, -0.05) is 13.8 Å². The van der Waals surface area contributed by atoms with Crippen molar-refractivity contribution in [1.29, 1.82) is 0 Å². The molecule has 5 heteroatoms. The molecule has 1 saturated heterocycles. The summed E-state index contributed by atoms with van der Waals surface area (Å²) in [6, 6.07) is 0. The first-order chi connectivity index (χ1) is 9.79. The Labute approximate surface area is 120 Å². The number of hydrogen-bond donors (Lipinski definition) is 0. The van der Waals surface area contributed by atoms with E-state index in [0.717, 1.165) is 43.1 Å². The molecule has 110 valence electrons. The van der Waals surface area contributed by atoms with Crippen LogP contribution in [0.2, 0.25) is 0 Å². The van der Waals surface area contributed by atoms with E-state index in [1.807, 2.05) is 33.2 Å². The molecule has 0 unspecified atom stereocenters. The van der Waals surface area contributed by atoms with Gasteiger partial charge in [0.05, 0.1) is 19.0 Å². The fourth-order valence-corrected chi connectivity index (χ4v) is 2.51. The molecule has 0 amide bonds. The Bertz CT molecular complexity index is 559. The third-order valence-corrected chi connectivity index (χ3v) is 3.42. The molecular formula is C15H23N3O2. The zero-order valence-corrected chi connectivity index (χ0v) is 12.7. The van der Waals surface area contributed by atoms with E-state index < -0.39 is 0 Å². The summed E-state index contributed by atoms with van der Waals surface area (Å²) >= 11 is 0. The van der Waals surface area contributed by atoms with Crippen molar-refractivity contribution < 1.29 is 9.47 Å². The molecule has 0 aliphatic carbocycles. The lowest BCUT2D eigenvalue weighted by Crippen LogP contribution is -2.16. The van der Waals surface area contributed by atoms with Crippen molar-refractivity contribution in [3.63, 3.8) is 0 Å². The van der Waals surface area contributed by atoms with Gasteiger partial charge in [0.25, 0.3) is 0 Å². The molecule has 2 aromatic heterocycles. The van der Waals surface area contributed by atoms with Crippen LogP contribution in [0.1, 0.15) is 44.1 Å². The molecule has 0 atom stereocenters. The zero-order valence-electron chi connectivity index (χ0n) is 12.7. The fourth-order valence-electron chi connectivity index (χ4n) is 2.51. The summed E-state index contributed by atoms with van der Waals surface area (Å²) in [6.45, 7) is 7.61. The summed E-state index contributed by atoms with van der Waals surface area (Å²) in [5.74, 6) is 2.20. The van der Waals surface area contributed by atoms with E-state index in [-0.39, 0.29) is 0 Å². The molecule has 1 aliphatic rings. The molecule has 2 aromatic rings. The highest BCUT2D eigenvalue weighted by Crippen LogP contribution is 2.28. The molecule has 3 rings (SSSR count). The minimum atomic E-state index is 0.466. The molecule has 0 saturated carbocycles. The maximum absolute atomic E-state index is 5.40. The van der Waals surface area contributed by atoms with E-state index in [1.165, 1.54) is 0 Å². The largest absolute Gasteiger partial charge is 0.479 e. The second kappa shape index (κ2) is 6.70. The monoisotopic (exact) mass is 277 g/mol. The molecule has 5 nitrogen and oxygen atoms in total. The van der Waals surface area contributed by atoms with Gasteiger partial charge in [-0.15, -0.1) is 0 Å². The minimum absolute atomic E-state index is 0.466. The first kappa shape index (κ1) is 14.8. The molecule has 20 heavy (non-hydrogen) atoms. The summed E-state index contributed by atoms with van der Waals surface area (Å²) < 4.78 is 12.8. The number of ether oxygens (including phenoxy) is 2. The lowest BCUT2D eigenvalue weighted by molar-refractivity contribution is 0.0835. The first-order valence-electron chi connectivity index (χ1n) is 7.26. The van der Waals surface area contributed by atoms with Crippen molar-refractivity contribution in [2.75, 3.05) is 20.3 Å². The molecule has 0 radical (unpaired) electrons. The number of nitrogens with zero attached hydrogens (tertiary/aromatic N) is 3. The number of rotatable bonds is 2. The van der Waals surface area contributed by atoms with Gasteiger partial charge >= 0.3 is 0 Å². The number of aromatic nitrogens is 3. The van der Waals surface area contributed by atoms with Crippen molar-refractivity contribution >= 4 is 5.52 Å². The first-order valence-corrected chi connectivity index (χ1v) is 7.26. The molecule has 0 bridgehead atoms. The molecule has 0 N–H and O–H groups in total. The zero-order chi connectivity index (χ0) is 14.5. The fraction of sp³-hybridized carbons (Fsp3) is 0.600. The van der Waals surface area contributed by atoms with Crippen LogP contribution in [0.15, 0.2) is 12.4 Å². The highest BCUT2D eigenvalue weighted by molar-refractivity contribution is 5.56. The lowest BCUT2D eigenvalue weighted by Gasteiger charge is -2.21. The van der Waals surface area contributed by atoms with Crippen LogP contribution in [0.3, 0.4) is 0 Å². The van der Waals surface area contributed by atoms with Gasteiger partial charge in [0.15, 0.2) is 0 Å². The summed E-state index contributed by atoms with van der Waals surface area (Å²) in [7, 11) is 1.64. The van der Waals surface area contributed by atoms with Gasteiger partial charge in [-0.3, -0.25) is 4.40 Å². The normalized spacial score (nSPS) is 15.8. The van der Waals surface area contributed by atoms with E-state index in [4.69, 9.17) is 9.47 Å². The molecule has 3 heterocycles. The van der Waals surface area contributed by atoms with E-state index in [9.17, 15) is 0 Å². The van der Waals surface area contributed by atoms with Crippen LogP contribution in [-0.4, -0.2) is 34.7 Å². The van der Waals surface area contributed by atoms with Gasteiger partial charge < -0.3 is 9.47 Å². The number of fused-ring (bicyclic) bond motifs is 1. The second-order valence-electron chi connectivity index (χ2n) is 4.65. The molecule has 0 spiro atoms. The van der Waals surface area contributed by atoms with Gasteiger partial charge in [-0.05, 0) is 19.8 Å². The quantitative estimate of drug-likeness (QED) is 0.846. The van der Waals surface area contributed by atoms with Crippen molar-refractivity contribution in [3.8, 4) is 5.88 Å². The van der Waals surface area contributed by atoms with Gasteiger partial charge in [0.1, 0.15) is 11.3 Å². The summed E-state index contributed by atoms with van der Waals surface area (Å²) in [4.78, 5) is 8.93. The summed E-state index contributed by atoms with van der Waals surface area (Å²) in [5, 5.41) is 0. The van der Waals surface area contributed by atoms with Gasteiger partial charge in [0, 0.05) is 25.3 Å². The van der Waals surface area contributed by atoms with Crippen LogP contribution in [0.25, 0.3) is 5.52 Å². The van der Waals surface area contributed by atoms with Crippen LogP contribution in [0, 0.1) is 6.92 Å². The average Bonchev–Trinajstić information content (AvgIpc) is 2.93. The Morgan fingerprint density at radius 3 is 2.65 bits per heavy atom. The number of methoxy groups -OCH3 is 1.